The average molecular weight is 356 g/mol. The van der Waals surface area contributed by atoms with Crippen molar-refractivity contribution in [3.8, 4) is 0 Å². The number of nitrogens with one attached hydrogen (secondary N) is 2. The van der Waals surface area contributed by atoms with Crippen LogP contribution in [0.25, 0.3) is 0 Å². The van der Waals surface area contributed by atoms with Crippen LogP contribution < -0.4 is 10.6 Å². The van der Waals surface area contributed by atoms with Gasteiger partial charge in [0, 0.05) is 44.6 Å². The summed E-state index contributed by atoms with van der Waals surface area (Å²) in [7, 11) is 0. The van der Waals surface area contributed by atoms with Gasteiger partial charge in [-0.1, -0.05) is 5.21 Å². The van der Waals surface area contributed by atoms with E-state index < -0.39 is 0 Å². The van der Waals surface area contributed by atoms with E-state index in [2.05, 4.69) is 35.8 Å². The van der Waals surface area contributed by atoms with Crippen LogP contribution in [0.4, 0.5) is 0 Å². The van der Waals surface area contributed by atoms with Gasteiger partial charge in [-0.3, -0.25) is 14.4 Å². The largest absolute Gasteiger partial charge is 0.343 e. The number of nitrogens with zero attached hydrogens (tertiary/aromatic N) is 6. The molecule has 9 nitrogen and oxygen atoms in total. The van der Waals surface area contributed by atoms with Gasteiger partial charge in [-0.2, -0.15) is 0 Å². The first kappa shape index (κ1) is 17.0. The van der Waals surface area contributed by atoms with E-state index in [9.17, 15) is 4.79 Å². The Labute approximate surface area is 152 Å². The van der Waals surface area contributed by atoms with Crippen molar-refractivity contribution in [2.45, 2.75) is 32.4 Å². The van der Waals surface area contributed by atoms with Crippen LogP contribution >= 0.6 is 0 Å². The molecule has 3 heterocycles. The molecule has 2 N–H and O–H groups in total. The predicted molar refractivity (Wildman–Crippen MR) is 94.6 cm³/mol. The van der Waals surface area contributed by atoms with E-state index in [4.69, 9.17) is 0 Å². The normalized spacial score (nSPS) is 17.2. The van der Waals surface area contributed by atoms with Gasteiger partial charge < -0.3 is 10.6 Å². The van der Waals surface area contributed by atoms with Crippen LogP contribution in [0.1, 0.15) is 34.0 Å². The number of amides is 1. The summed E-state index contributed by atoms with van der Waals surface area (Å²) in [4.78, 5) is 23.5. The first-order valence-corrected chi connectivity index (χ1v) is 9.23. The summed E-state index contributed by atoms with van der Waals surface area (Å²) >= 11 is 0. The molecule has 138 valence electrons. The lowest BCUT2D eigenvalue weighted by Crippen LogP contribution is -2.44. The number of carbonyl (C=O) groups is 1. The van der Waals surface area contributed by atoms with Gasteiger partial charge in [-0.25, -0.2) is 9.97 Å². The Bertz CT molecular complexity index is 768. The summed E-state index contributed by atoms with van der Waals surface area (Å²) in [6.45, 7) is 6.08. The first-order chi connectivity index (χ1) is 12.8. The van der Waals surface area contributed by atoms with Gasteiger partial charge in [-0.05, 0) is 24.8 Å². The molecule has 4 rings (SSSR count). The van der Waals surface area contributed by atoms with E-state index in [1.807, 2.05) is 6.20 Å². The van der Waals surface area contributed by atoms with Crippen molar-refractivity contribution in [3.05, 3.63) is 35.2 Å². The number of carbonyl (C=O) groups excluding carboxylic acids is 1. The second-order valence-corrected chi connectivity index (χ2v) is 6.75. The smallest absolute Gasteiger partial charge is 0.273 e. The minimum Gasteiger partial charge on any atom is -0.343 e. The summed E-state index contributed by atoms with van der Waals surface area (Å²) in [6.07, 6.45) is 6.76. The van der Waals surface area contributed by atoms with Crippen LogP contribution in [-0.2, 0) is 25.9 Å². The Kier molecular flexibility index (Phi) is 5.16. The number of aromatic nitrogens is 5. The Morgan fingerprint density at radius 3 is 3.00 bits per heavy atom. The van der Waals surface area contributed by atoms with E-state index in [1.165, 1.54) is 5.56 Å². The Hall–Kier alpha value is -2.39. The average Bonchev–Trinajstić information content (AvgIpc) is 3.34. The minimum atomic E-state index is -0.248. The van der Waals surface area contributed by atoms with Gasteiger partial charge in [0.1, 0.15) is 5.82 Å². The molecule has 2 aromatic rings. The Balaban J connectivity index is 1.27. The van der Waals surface area contributed by atoms with Crippen LogP contribution in [0.15, 0.2) is 12.4 Å². The van der Waals surface area contributed by atoms with Gasteiger partial charge >= 0.3 is 0 Å². The molecule has 9 heteroatoms. The van der Waals surface area contributed by atoms with Crippen LogP contribution in [-0.4, -0.2) is 68.5 Å². The van der Waals surface area contributed by atoms with Crippen LogP contribution in [0, 0.1) is 0 Å². The molecular weight excluding hydrogens is 332 g/mol. The molecule has 2 aliphatic rings. The highest BCUT2D eigenvalue weighted by atomic mass is 16.2. The third kappa shape index (κ3) is 4.05. The third-order valence-corrected chi connectivity index (χ3v) is 4.90. The second-order valence-electron chi connectivity index (χ2n) is 6.75. The molecule has 1 aliphatic carbocycles. The monoisotopic (exact) mass is 356 g/mol. The maximum Gasteiger partial charge on any atom is 0.273 e. The minimum absolute atomic E-state index is 0.248. The standard InChI is InChI=1S/C17H24N8O/c26-17(20-11-16-19-10-13-2-1-3-14(13)21-16)15-12-25(23-22-15)9-8-24-6-4-18-5-7-24/h10,12,18H,1-9,11H2,(H,20,26). The maximum absolute atomic E-state index is 12.3. The lowest BCUT2D eigenvalue weighted by atomic mass is 10.3. The lowest BCUT2D eigenvalue weighted by molar-refractivity contribution is 0.0944. The molecule has 0 saturated carbocycles. The Morgan fingerprint density at radius 1 is 1.23 bits per heavy atom. The number of rotatable bonds is 6. The Morgan fingerprint density at radius 2 is 2.12 bits per heavy atom. The van der Waals surface area contributed by atoms with E-state index in [1.54, 1.807) is 10.9 Å². The van der Waals surface area contributed by atoms with E-state index >= 15 is 0 Å². The molecule has 1 aliphatic heterocycles. The number of piperazine rings is 1. The van der Waals surface area contributed by atoms with E-state index in [0.717, 1.165) is 64.2 Å². The van der Waals surface area contributed by atoms with Crippen molar-refractivity contribution >= 4 is 5.91 Å². The molecular formula is C17H24N8O. The molecule has 26 heavy (non-hydrogen) atoms. The highest BCUT2D eigenvalue weighted by Gasteiger charge is 2.15. The fourth-order valence-electron chi connectivity index (χ4n) is 3.38. The van der Waals surface area contributed by atoms with Crippen molar-refractivity contribution < 1.29 is 4.79 Å². The molecule has 0 unspecified atom stereocenters. The van der Waals surface area contributed by atoms with Crippen LogP contribution in [0.3, 0.4) is 0 Å². The van der Waals surface area contributed by atoms with Gasteiger partial charge in [0.2, 0.25) is 0 Å². The highest BCUT2D eigenvalue weighted by Crippen LogP contribution is 2.18. The van der Waals surface area contributed by atoms with Crippen molar-refractivity contribution in [3.63, 3.8) is 0 Å². The van der Waals surface area contributed by atoms with Gasteiger partial charge in [0.15, 0.2) is 5.69 Å². The molecule has 0 bridgehead atoms. The molecule has 2 aromatic heterocycles. The summed E-state index contributed by atoms with van der Waals surface area (Å²) in [6, 6.07) is 0. The molecule has 1 amide bonds. The van der Waals surface area contributed by atoms with Crippen LogP contribution in [0.5, 0.6) is 0 Å². The number of hydrogen-bond donors (Lipinski definition) is 2. The zero-order valence-corrected chi connectivity index (χ0v) is 14.8. The van der Waals surface area contributed by atoms with Gasteiger partial charge in [0.05, 0.1) is 19.3 Å². The zero-order valence-electron chi connectivity index (χ0n) is 14.8. The van der Waals surface area contributed by atoms with Crippen molar-refractivity contribution in [2.24, 2.45) is 0 Å². The fraction of sp³-hybridized carbons (Fsp3) is 0.588. The number of aryl methyl sites for hydroxylation is 2. The SMILES string of the molecule is O=C(NCc1ncc2c(n1)CCC2)c1cn(CCN2CCNCC2)nn1. The maximum atomic E-state index is 12.3. The van der Waals surface area contributed by atoms with Crippen molar-refractivity contribution in [1.82, 2.24) is 40.5 Å². The quantitative estimate of drug-likeness (QED) is 0.712. The summed E-state index contributed by atoms with van der Waals surface area (Å²) in [5, 5.41) is 14.2. The van der Waals surface area contributed by atoms with E-state index in [-0.39, 0.29) is 5.91 Å². The van der Waals surface area contributed by atoms with Gasteiger partial charge in [-0.15, -0.1) is 5.10 Å². The van der Waals surface area contributed by atoms with Crippen molar-refractivity contribution in [1.29, 1.82) is 0 Å². The van der Waals surface area contributed by atoms with Crippen molar-refractivity contribution in [2.75, 3.05) is 32.7 Å². The molecule has 0 aromatic carbocycles. The predicted octanol–water partition coefficient (Wildman–Crippen LogP) is -0.608. The second kappa shape index (κ2) is 7.88. The topological polar surface area (TPSA) is 101 Å². The van der Waals surface area contributed by atoms with E-state index in [0.29, 0.717) is 18.1 Å². The molecule has 1 fully saturated rings. The first-order valence-electron chi connectivity index (χ1n) is 9.23. The summed E-state index contributed by atoms with van der Waals surface area (Å²) in [5.74, 6) is 0.396. The molecule has 0 atom stereocenters. The molecule has 0 spiro atoms. The van der Waals surface area contributed by atoms with Crippen LogP contribution in [0.2, 0.25) is 0 Å². The highest BCUT2D eigenvalue weighted by molar-refractivity contribution is 5.91. The number of hydrogen-bond acceptors (Lipinski definition) is 7. The molecule has 0 radical (unpaired) electrons. The lowest BCUT2D eigenvalue weighted by Gasteiger charge is -2.26. The van der Waals surface area contributed by atoms with Gasteiger partial charge in [0.25, 0.3) is 5.91 Å². The fourth-order valence-corrected chi connectivity index (χ4v) is 3.38. The summed E-state index contributed by atoms with van der Waals surface area (Å²) < 4.78 is 1.73. The number of fused-ring (bicyclic) bond motifs is 1. The zero-order chi connectivity index (χ0) is 17.8. The summed E-state index contributed by atoms with van der Waals surface area (Å²) in [5.41, 5.74) is 2.67. The molecule has 1 saturated heterocycles. The third-order valence-electron chi connectivity index (χ3n) is 4.90.